The van der Waals surface area contributed by atoms with Crippen molar-refractivity contribution in [2.45, 2.75) is 38.5 Å². The van der Waals surface area contributed by atoms with E-state index in [1.165, 1.54) is 38.6 Å². The molecule has 0 aromatic rings. The number of hydrogen-bond acceptors (Lipinski definition) is 1. The molecule has 0 N–H and O–H groups in total. The van der Waals surface area contributed by atoms with Gasteiger partial charge < -0.3 is 4.90 Å². The van der Waals surface area contributed by atoms with E-state index < -0.39 is 0 Å². The monoisotopic (exact) mass is 203 g/mol. The van der Waals surface area contributed by atoms with Crippen molar-refractivity contribution in [2.75, 3.05) is 26.0 Å². The second-order valence-corrected chi connectivity index (χ2v) is 4.66. The summed E-state index contributed by atoms with van der Waals surface area (Å²) in [7, 11) is 2.21. The van der Waals surface area contributed by atoms with Gasteiger partial charge in [-0.05, 0) is 38.9 Å². The number of alkyl halides is 1. The van der Waals surface area contributed by atoms with Crippen molar-refractivity contribution < 1.29 is 0 Å². The molecule has 2 heteroatoms. The van der Waals surface area contributed by atoms with Crippen molar-refractivity contribution in [3.05, 3.63) is 0 Å². The molecule has 0 heterocycles. The molecule has 1 rings (SSSR count). The molecule has 0 bridgehead atoms. The van der Waals surface area contributed by atoms with Gasteiger partial charge in [-0.3, -0.25) is 0 Å². The van der Waals surface area contributed by atoms with Gasteiger partial charge in [0.15, 0.2) is 0 Å². The van der Waals surface area contributed by atoms with Crippen LogP contribution < -0.4 is 0 Å². The maximum atomic E-state index is 5.65. The zero-order chi connectivity index (χ0) is 9.52. The quantitative estimate of drug-likeness (QED) is 0.600. The van der Waals surface area contributed by atoms with E-state index in [4.69, 9.17) is 11.6 Å². The fraction of sp³-hybridized carbons (Fsp3) is 1.00. The van der Waals surface area contributed by atoms with Crippen molar-refractivity contribution in [2.24, 2.45) is 5.92 Å². The highest BCUT2D eigenvalue weighted by molar-refractivity contribution is 6.17. The van der Waals surface area contributed by atoms with E-state index in [-0.39, 0.29) is 0 Å². The molecule has 0 radical (unpaired) electrons. The molecule has 0 spiro atoms. The van der Waals surface area contributed by atoms with Gasteiger partial charge >= 0.3 is 0 Å². The molecule has 1 fully saturated rings. The predicted octanol–water partition coefficient (Wildman–Crippen LogP) is 3.13. The first-order chi connectivity index (χ1) is 6.33. The molecule has 0 saturated heterocycles. The molecule has 0 atom stereocenters. The van der Waals surface area contributed by atoms with Crippen LogP contribution in [0.5, 0.6) is 0 Å². The highest BCUT2D eigenvalue weighted by Gasteiger charge is 2.14. The van der Waals surface area contributed by atoms with Crippen LogP contribution in [0.2, 0.25) is 0 Å². The minimum Gasteiger partial charge on any atom is -0.306 e. The summed E-state index contributed by atoms with van der Waals surface area (Å²) in [6.07, 6.45) is 8.42. The van der Waals surface area contributed by atoms with Crippen molar-refractivity contribution in [3.8, 4) is 0 Å². The number of nitrogens with zero attached hydrogens (tertiary/aromatic N) is 1. The first-order valence-electron chi connectivity index (χ1n) is 5.57. The summed E-state index contributed by atoms with van der Waals surface area (Å²) in [5, 5.41) is 0. The molecule has 1 saturated carbocycles. The maximum absolute atomic E-state index is 5.65. The summed E-state index contributed by atoms with van der Waals surface area (Å²) in [6, 6.07) is 0. The maximum Gasteiger partial charge on any atom is 0.0235 e. The lowest BCUT2D eigenvalue weighted by Crippen LogP contribution is -2.22. The average Bonchev–Trinajstić information content (AvgIpc) is 2.64. The first-order valence-corrected chi connectivity index (χ1v) is 6.11. The van der Waals surface area contributed by atoms with Gasteiger partial charge in [-0.25, -0.2) is 0 Å². The molecule has 0 unspecified atom stereocenters. The number of hydrogen-bond donors (Lipinski definition) is 0. The molecule has 0 aromatic carbocycles. The predicted molar refractivity (Wildman–Crippen MR) is 59.4 cm³/mol. The van der Waals surface area contributed by atoms with Gasteiger partial charge in [0.25, 0.3) is 0 Å². The van der Waals surface area contributed by atoms with E-state index in [0.717, 1.165) is 24.8 Å². The van der Waals surface area contributed by atoms with E-state index in [9.17, 15) is 0 Å². The number of halogens is 1. The Labute approximate surface area is 87.4 Å². The van der Waals surface area contributed by atoms with Gasteiger partial charge in [0.1, 0.15) is 0 Å². The van der Waals surface area contributed by atoms with Gasteiger partial charge in [0, 0.05) is 5.88 Å². The fourth-order valence-electron chi connectivity index (χ4n) is 2.14. The van der Waals surface area contributed by atoms with Crippen LogP contribution >= 0.6 is 11.6 Å². The standard InChI is InChI=1S/C11H22ClN/c1-13(9-4-8-12)10-7-11-5-2-3-6-11/h11H,2-10H2,1H3. The molecule has 13 heavy (non-hydrogen) atoms. The van der Waals surface area contributed by atoms with Crippen LogP contribution in [0, 0.1) is 5.92 Å². The second-order valence-electron chi connectivity index (χ2n) is 4.28. The second kappa shape index (κ2) is 6.67. The Balaban J connectivity index is 1.97. The molecule has 0 aliphatic heterocycles. The summed E-state index contributed by atoms with van der Waals surface area (Å²) < 4.78 is 0. The van der Waals surface area contributed by atoms with Crippen molar-refractivity contribution in [1.29, 1.82) is 0 Å². The van der Waals surface area contributed by atoms with Gasteiger partial charge in [-0.15, -0.1) is 11.6 Å². The van der Waals surface area contributed by atoms with E-state index >= 15 is 0 Å². The zero-order valence-corrected chi connectivity index (χ0v) is 9.52. The third-order valence-electron chi connectivity index (χ3n) is 3.07. The van der Waals surface area contributed by atoms with Crippen molar-refractivity contribution in [3.63, 3.8) is 0 Å². The molecule has 0 aromatic heterocycles. The molecule has 0 amide bonds. The van der Waals surface area contributed by atoms with Crippen LogP contribution in [0.4, 0.5) is 0 Å². The number of rotatable bonds is 6. The Bertz CT molecular complexity index is 121. The Kier molecular flexibility index (Phi) is 5.81. The molecular formula is C11H22ClN. The van der Waals surface area contributed by atoms with Crippen molar-refractivity contribution >= 4 is 11.6 Å². The van der Waals surface area contributed by atoms with Crippen molar-refractivity contribution in [1.82, 2.24) is 4.90 Å². The average molecular weight is 204 g/mol. The molecule has 1 aliphatic rings. The molecule has 1 aliphatic carbocycles. The minimum atomic E-state index is 0.799. The summed E-state index contributed by atoms with van der Waals surface area (Å²) in [6.45, 7) is 2.43. The lowest BCUT2D eigenvalue weighted by molar-refractivity contribution is 0.302. The lowest BCUT2D eigenvalue weighted by atomic mass is 10.0. The van der Waals surface area contributed by atoms with E-state index in [0.29, 0.717) is 0 Å². The van der Waals surface area contributed by atoms with Crippen LogP contribution in [0.25, 0.3) is 0 Å². The topological polar surface area (TPSA) is 3.24 Å². The molecular weight excluding hydrogens is 182 g/mol. The van der Waals surface area contributed by atoms with Gasteiger partial charge in [0.05, 0.1) is 0 Å². The third-order valence-corrected chi connectivity index (χ3v) is 3.33. The molecule has 78 valence electrons. The van der Waals surface area contributed by atoms with E-state index in [2.05, 4.69) is 11.9 Å². The summed E-state index contributed by atoms with van der Waals surface area (Å²) in [4.78, 5) is 2.42. The van der Waals surface area contributed by atoms with Gasteiger partial charge in [-0.1, -0.05) is 25.7 Å². The van der Waals surface area contributed by atoms with Crippen LogP contribution in [-0.2, 0) is 0 Å². The van der Waals surface area contributed by atoms with Gasteiger partial charge in [-0.2, -0.15) is 0 Å². The van der Waals surface area contributed by atoms with Crippen LogP contribution in [0.15, 0.2) is 0 Å². The smallest absolute Gasteiger partial charge is 0.0235 e. The van der Waals surface area contributed by atoms with Crippen LogP contribution in [0.3, 0.4) is 0 Å². The lowest BCUT2D eigenvalue weighted by Gasteiger charge is -2.18. The largest absolute Gasteiger partial charge is 0.306 e. The summed E-state index contributed by atoms with van der Waals surface area (Å²) in [5.74, 6) is 1.83. The van der Waals surface area contributed by atoms with Crippen LogP contribution in [0.1, 0.15) is 38.5 Å². The molecule has 1 nitrogen and oxygen atoms in total. The van der Waals surface area contributed by atoms with E-state index in [1.807, 2.05) is 0 Å². The Morgan fingerprint density at radius 1 is 1.23 bits per heavy atom. The summed E-state index contributed by atoms with van der Waals surface area (Å²) in [5.41, 5.74) is 0. The highest BCUT2D eigenvalue weighted by atomic mass is 35.5. The third kappa shape index (κ3) is 4.87. The minimum absolute atomic E-state index is 0.799. The Morgan fingerprint density at radius 3 is 2.54 bits per heavy atom. The fourth-order valence-corrected chi connectivity index (χ4v) is 2.26. The zero-order valence-electron chi connectivity index (χ0n) is 8.77. The first kappa shape index (κ1) is 11.3. The normalized spacial score (nSPS) is 18.7. The summed E-state index contributed by atoms with van der Waals surface area (Å²) >= 11 is 5.65. The highest BCUT2D eigenvalue weighted by Crippen LogP contribution is 2.27. The van der Waals surface area contributed by atoms with E-state index in [1.54, 1.807) is 0 Å². The Morgan fingerprint density at radius 2 is 1.92 bits per heavy atom. The van der Waals surface area contributed by atoms with Gasteiger partial charge in [0.2, 0.25) is 0 Å². The van der Waals surface area contributed by atoms with Crippen LogP contribution in [-0.4, -0.2) is 30.9 Å². The SMILES string of the molecule is CN(CCCCl)CCC1CCCC1. The Hall–Kier alpha value is 0.250.